The quantitative estimate of drug-likeness (QED) is 0.213. The molecule has 1 unspecified atom stereocenters. The summed E-state index contributed by atoms with van der Waals surface area (Å²) in [6.07, 6.45) is -7.21. The molecule has 3 N–H and O–H groups in total. The van der Waals surface area contributed by atoms with Crippen LogP contribution in [0.2, 0.25) is 0 Å². The van der Waals surface area contributed by atoms with Crippen molar-refractivity contribution in [1.29, 1.82) is 0 Å². The minimum Gasteiger partial charge on any atom is -0.595 e. The van der Waals surface area contributed by atoms with Gasteiger partial charge in [-0.25, -0.2) is 5.21 Å². The van der Waals surface area contributed by atoms with Crippen molar-refractivity contribution in [3.63, 3.8) is 0 Å². The molecule has 1 fully saturated rings. The number of quaternary nitrogens is 1. The van der Waals surface area contributed by atoms with Crippen LogP contribution in [-0.2, 0) is 49.5 Å². The van der Waals surface area contributed by atoms with Crippen LogP contribution in [0.15, 0.2) is 18.2 Å². The summed E-state index contributed by atoms with van der Waals surface area (Å²) in [5.41, 5.74) is -0.0549. The minimum absolute atomic E-state index is 0.226. The fourth-order valence-corrected chi connectivity index (χ4v) is 3.35. The molecule has 1 heterocycles. The van der Waals surface area contributed by atoms with E-state index in [0.717, 1.165) is 27.7 Å². The van der Waals surface area contributed by atoms with Gasteiger partial charge in [-0.1, -0.05) is 6.07 Å². The van der Waals surface area contributed by atoms with Crippen molar-refractivity contribution in [3.05, 3.63) is 29.0 Å². The monoisotopic (exact) mass is 501 g/mol. The average molecular weight is 501 g/mol. The molecule has 0 bridgehead atoms. The van der Waals surface area contributed by atoms with Gasteiger partial charge in [0.1, 0.15) is 12.7 Å². The molecule has 6 atom stereocenters. The lowest BCUT2D eigenvalue weighted by molar-refractivity contribution is -0.991. The molecule has 35 heavy (non-hydrogen) atoms. The lowest BCUT2D eigenvalue weighted by atomic mass is 9.98. The molecule has 0 radical (unpaired) electrons. The van der Waals surface area contributed by atoms with Gasteiger partial charge in [-0.3, -0.25) is 19.2 Å². The molecule has 1 aromatic rings. The predicted octanol–water partition coefficient (Wildman–Crippen LogP) is -0.956. The van der Waals surface area contributed by atoms with E-state index in [-0.39, 0.29) is 17.0 Å². The summed E-state index contributed by atoms with van der Waals surface area (Å²) in [7, 11) is 0. The van der Waals surface area contributed by atoms with E-state index in [0.29, 0.717) is 0 Å². The first-order valence-corrected chi connectivity index (χ1v) is 10.4. The third-order valence-corrected chi connectivity index (χ3v) is 4.65. The van der Waals surface area contributed by atoms with Gasteiger partial charge in [0.15, 0.2) is 18.0 Å². The highest BCUT2D eigenvalue weighted by atomic mass is 16.8. The molecule has 1 aliphatic heterocycles. The van der Waals surface area contributed by atoms with Gasteiger partial charge in [-0.15, -0.1) is 0 Å². The fourth-order valence-electron chi connectivity index (χ4n) is 3.35. The Morgan fingerprint density at radius 3 is 2.03 bits per heavy atom. The van der Waals surface area contributed by atoms with Crippen LogP contribution in [0.5, 0.6) is 5.75 Å². The third-order valence-electron chi connectivity index (χ3n) is 4.65. The number of benzene rings is 1. The van der Waals surface area contributed by atoms with Crippen molar-refractivity contribution in [2.75, 3.05) is 6.61 Å². The Labute approximate surface area is 199 Å². The topological polar surface area (TPSA) is 192 Å². The van der Waals surface area contributed by atoms with Gasteiger partial charge >= 0.3 is 23.9 Å². The van der Waals surface area contributed by atoms with Crippen LogP contribution in [0, 0.1) is 5.21 Å². The summed E-state index contributed by atoms with van der Waals surface area (Å²) in [5, 5.41) is 29.2. The molecule has 194 valence electrons. The smallest absolute Gasteiger partial charge is 0.303 e. The lowest BCUT2D eigenvalue weighted by Crippen LogP contribution is -2.99. The van der Waals surface area contributed by atoms with Crippen LogP contribution in [0.25, 0.3) is 0 Å². The number of rotatable bonds is 9. The number of hydrogen-bond donors (Lipinski definition) is 3. The van der Waals surface area contributed by atoms with E-state index in [4.69, 9.17) is 28.4 Å². The van der Waals surface area contributed by atoms with E-state index in [1.807, 2.05) is 0 Å². The molecule has 1 aromatic carbocycles. The van der Waals surface area contributed by atoms with Crippen LogP contribution in [0.1, 0.15) is 33.3 Å². The zero-order chi connectivity index (χ0) is 26.3. The number of aliphatic hydroxyl groups excluding tert-OH is 1. The zero-order valence-corrected chi connectivity index (χ0v) is 19.4. The van der Waals surface area contributed by atoms with E-state index in [9.17, 15) is 34.7 Å². The summed E-state index contributed by atoms with van der Waals surface area (Å²) in [6, 6.07) is 3.82. The molecule has 0 saturated carbocycles. The number of aliphatic hydroxyl groups is 1. The Bertz CT molecular complexity index is 934. The van der Waals surface area contributed by atoms with Gasteiger partial charge in [0.05, 0.1) is 6.61 Å². The molecule has 0 aromatic heterocycles. The summed E-state index contributed by atoms with van der Waals surface area (Å²) in [4.78, 5) is 46.8. The maximum atomic E-state index is 11.9. The fraction of sp³-hybridized carbons (Fsp3) is 0.524. The van der Waals surface area contributed by atoms with Gasteiger partial charge in [0, 0.05) is 33.8 Å². The highest BCUT2D eigenvalue weighted by molar-refractivity contribution is 5.68. The largest absolute Gasteiger partial charge is 0.595 e. The van der Waals surface area contributed by atoms with Crippen LogP contribution in [0.4, 0.5) is 5.69 Å². The first-order chi connectivity index (χ1) is 16.4. The number of carbonyl (C=O) groups is 4. The van der Waals surface area contributed by atoms with Gasteiger partial charge in [-0.2, -0.15) is 5.23 Å². The minimum atomic E-state index is -1.59. The maximum Gasteiger partial charge on any atom is 0.303 e. The zero-order valence-electron chi connectivity index (χ0n) is 19.4. The Morgan fingerprint density at radius 2 is 1.51 bits per heavy atom. The number of hydrogen-bond acceptors (Lipinski definition) is 13. The third kappa shape index (κ3) is 7.87. The summed E-state index contributed by atoms with van der Waals surface area (Å²) >= 11 is 0. The van der Waals surface area contributed by atoms with Gasteiger partial charge in [-0.05, 0) is 11.6 Å². The molecular formula is C21H27NO13. The Hall–Kier alpha value is -3.30. The molecule has 0 amide bonds. The number of ether oxygens (including phenoxy) is 6. The second-order valence-electron chi connectivity index (χ2n) is 7.48. The summed E-state index contributed by atoms with van der Waals surface area (Å²) < 4.78 is 32.3. The second-order valence-corrected chi connectivity index (χ2v) is 7.48. The normalized spacial score (nSPS) is 24.6. The van der Waals surface area contributed by atoms with Crippen molar-refractivity contribution >= 4 is 29.6 Å². The molecular weight excluding hydrogens is 474 g/mol. The number of esters is 4. The molecule has 0 aliphatic carbocycles. The van der Waals surface area contributed by atoms with Crippen molar-refractivity contribution in [3.8, 4) is 5.75 Å². The second kappa shape index (κ2) is 12.4. The molecule has 14 nitrogen and oxygen atoms in total. The van der Waals surface area contributed by atoms with E-state index in [2.05, 4.69) is 0 Å². The summed E-state index contributed by atoms with van der Waals surface area (Å²) in [5.74, 6) is -3.37. The predicted molar refractivity (Wildman–Crippen MR) is 111 cm³/mol. The van der Waals surface area contributed by atoms with E-state index in [1.54, 1.807) is 0 Å². The number of carbonyl (C=O) groups excluding carboxylic acids is 4. The highest BCUT2D eigenvalue weighted by Crippen LogP contribution is 2.33. The Morgan fingerprint density at radius 1 is 0.943 bits per heavy atom. The summed E-state index contributed by atoms with van der Waals surface area (Å²) in [6.45, 7) is 3.45. The maximum absolute atomic E-state index is 11.9. The van der Waals surface area contributed by atoms with Gasteiger partial charge in [0.2, 0.25) is 18.1 Å². The molecule has 0 spiro atoms. The molecule has 1 aliphatic rings. The Kier molecular flexibility index (Phi) is 9.91. The number of nitrogens with one attached hydrogen (secondary N) is 1. The van der Waals surface area contributed by atoms with Crippen molar-refractivity contribution < 1.29 is 63.1 Å². The van der Waals surface area contributed by atoms with Crippen LogP contribution >= 0.6 is 0 Å². The lowest BCUT2D eigenvalue weighted by Gasteiger charge is -2.44. The van der Waals surface area contributed by atoms with Crippen molar-refractivity contribution in [1.82, 2.24) is 0 Å². The average Bonchev–Trinajstić information content (AvgIpc) is 2.75. The van der Waals surface area contributed by atoms with Crippen LogP contribution in [-0.4, -0.2) is 71.5 Å². The van der Waals surface area contributed by atoms with Gasteiger partial charge in [0.25, 0.3) is 0 Å². The van der Waals surface area contributed by atoms with E-state index in [1.165, 1.54) is 18.2 Å². The standard InChI is InChI=1S/C21H27NO13/c1-10(24)30-9-17-18(31-11(2)25)19(32-12(3)26)20(33-13(4)27)21(35-17)34-16-6-5-14(8-23)7-15(16)22(28)29/h5-7,17-23,28H,8-9H2,1-4H3/t17-,18+,19+,20-,21-/m1/s1. The first kappa shape index (κ1) is 27.9. The van der Waals surface area contributed by atoms with Crippen molar-refractivity contribution in [2.45, 2.75) is 65.0 Å². The van der Waals surface area contributed by atoms with Crippen LogP contribution < -0.4 is 9.96 Å². The Balaban J connectivity index is 2.54. The first-order valence-electron chi connectivity index (χ1n) is 10.4. The highest BCUT2D eigenvalue weighted by Gasteiger charge is 2.53. The SMILES string of the molecule is CC(=O)OC[C@H]1O[C@@H](Oc2ccc(CO)cc2[NH+]([O-])O)[C@H](OC(C)=O)[C@@H](OC(C)=O)[C@H]1OC(C)=O. The van der Waals surface area contributed by atoms with Crippen LogP contribution in [0.3, 0.4) is 0 Å². The van der Waals surface area contributed by atoms with Gasteiger partial charge < -0.3 is 38.7 Å². The van der Waals surface area contributed by atoms with E-state index < -0.39 is 73.0 Å². The van der Waals surface area contributed by atoms with E-state index >= 15 is 0 Å². The molecule has 2 rings (SSSR count). The van der Waals surface area contributed by atoms with Crippen molar-refractivity contribution in [2.24, 2.45) is 0 Å². The molecule has 14 heteroatoms. The molecule has 1 saturated heterocycles.